The standard InChI is InChI=1S/C19H21NO3S2/c1-2-24-18-11-7-6-10-17(18)19(21)20-13-12-16(14-20)25(22,23)15-8-4-3-5-9-15/h3-11,16H,2,12-14H2,1H3. The van der Waals surface area contributed by atoms with Gasteiger partial charge < -0.3 is 4.90 Å². The fourth-order valence-corrected chi connectivity index (χ4v) is 5.57. The van der Waals surface area contributed by atoms with Crippen molar-refractivity contribution in [2.24, 2.45) is 0 Å². The minimum absolute atomic E-state index is 0.0812. The second kappa shape index (κ2) is 7.62. The Morgan fingerprint density at radius 1 is 1.12 bits per heavy atom. The summed E-state index contributed by atoms with van der Waals surface area (Å²) in [6.07, 6.45) is 0.478. The quantitative estimate of drug-likeness (QED) is 0.751. The van der Waals surface area contributed by atoms with E-state index in [4.69, 9.17) is 0 Å². The van der Waals surface area contributed by atoms with Gasteiger partial charge in [0.15, 0.2) is 9.84 Å². The number of carbonyl (C=O) groups is 1. The van der Waals surface area contributed by atoms with E-state index in [1.165, 1.54) is 0 Å². The van der Waals surface area contributed by atoms with Gasteiger partial charge in [-0.25, -0.2) is 8.42 Å². The molecule has 0 bridgehead atoms. The molecule has 2 aromatic carbocycles. The first kappa shape index (κ1) is 18.0. The zero-order valence-electron chi connectivity index (χ0n) is 14.1. The zero-order valence-corrected chi connectivity index (χ0v) is 15.7. The van der Waals surface area contributed by atoms with Crippen molar-refractivity contribution < 1.29 is 13.2 Å². The first-order valence-corrected chi connectivity index (χ1v) is 10.9. The first-order valence-electron chi connectivity index (χ1n) is 8.34. The molecule has 0 radical (unpaired) electrons. The molecule has 2 aromatic rings. The van der Waals surface area contributed by atoms with Crippen LogP contribution in [0.2, 0.25) is 0 Å². The van der Waals surface area contributed by atoms with Gasteiger partial charge in [0.2, 0.25) is 0 Å². The lowest BCUT2D eigenvalue weighted by molar-refractivity contribution is 0.0790. The van der Waals surface area contributed by atoms with Crippen molar-refractivity contribution in [1.82, 2.24) is 4.90 Å². The highest BCUT2D eigenvalue weighted by Crippen LogP contribution is 2.28. The summed E-state index contributed by atoms with van der Waals surface area (Å²) in [4.78, 5) is 15.8. The molecule has 3 rings (SSSR count). The van der Waals surface area contributed by atoms with Crippen molar-refractivity contribution in [3.8, 4) is 0 Å². The lowest BCUT2D eigenvalue weighted by Crippen LogP contribution is -2.32. The Morgan fingerprint density at radius 2 is 1.80 bits per heavy atom. The number of hydrogen-bond acceptors (Lipinski definition) is 4. The van der Waals surface area contributed by atoms with E-state index in [0.717, 1.165) is 10.6 Å². The maximum atomic E-state index is 12.9. The molecular weight excluding hydrogens is 354 g/mol. The lowest BCUT2D eigenvalue weighted by atomic mass is 10.2. The van der Waals surface area contributed by atoms with Crippen molar-refractivity contribution >= 4 is 27.5 Å². The predicted molar refractivity (Wildman–Crippen MR) is 101 cm³/mol. The van der Waals surface area contributed by atoms with Crippen LogP contribution in [-0.2, 0) is 9.84 Å². The second-order valence-electron chi connectivity index (χ2n) is 5.95. The number of amides is 1. The molecule has 6 heteroatoms. The SMILES string of the molecule is CCSc1ccccc1C(=O)N1CCC(S(=O)(=O)c2ccccc2)C1. The van der Waals surface area contributed by atoms with Crippen LogP contribution in [0.15, 0.2) is 64.4 Å². The van der Waals surface area contributed by atoms with Gasteiger partial charge in [-0.2, -0.15) is 0 Å². The predicted octanol–water partition coefficient (Wildman–Crippen LogP) is 3.49. The lowest BCUT2D eigenvalue weighted by Gasteiger charge is -2.18. The van der Waals surface area contributed by atoms with E-state index in [9.17, 15) is 13.2 Å². The molecule has 0 spiro atoms. The summed E-state index contributed by atoms with van der Waals surface area (Å²) < 4.78 is 25.5. The monoisotopic (exact) mass is 375 g/mol. The van der Waals surface area contributed by atoms with Crippen molar-refractivity contribution in [2.45, 2.75) is 28.4 Å². The van der Waals surface area contributed by atoms with Crippen LogP contribution in [0.25, 0.3) is 0 Å². The second-order valence-corrected chi connectivity index (χ2v) is 9.48. The fraction of sp³-hybridized carbons (Fsp3) is 0.316. The molecule has 0 aliphatic carbocycles. The van der Waals surface area contributed by atoms with Crippen molar-refractivity contribution in [1.29, 1.82) is 0 Å². The number of likely N-dealkylation sites (tertiary alicyclic amines) is 1. The minimum atomic E-state index is -3.41. The number of rotatable bonds is 5. The summed E-state index contributed by atoms with van der Waals surface area (Å²) in [5.41, 5.74) is 0.659. The van der Waals surface area contributed by atoms with E-state index < -0.39 is 15.1 Å². The van der Waals surface area contributed by atoms with Crippen LogP contribution in [0.1, 0.15) is 23.7 Å². The Hall–Kier alpha value is -1.79. The molecule has 1 unspecified atom stereocenters. The molecule has 0 N–H and O–H groups in total. The Morgan fingerprint density at radius 3 is 2.52 bits per heavy atom. The van der Waals surface area contributed by atoms with Crippen LogP contribution in [0.3, 0.4) is 0 Å². The Kier molecular flexibility index (Phi) is 5.49. The van der Waals surface area contributed by atoms with Gasteiger partial charge in [-0.05, 0) is 36.4 Å². The summed E-state index contributed by atoms with van der Waals surface area (Å²) in [5.74, 6) is 0.803. The maximum Gasteiger partial charge on any atom is 0.255 e. The first-order chi connectivity index (χ1) is 12.0. The van der Waals surface area contributed by atoms with E-state index >= 15 is 0 Å². The summed E-state index contributed by atoms with van der Waals surface area (Å²) in [7, 11) is -3.41. The van der Waals surface area contributed by atoms with Crippen molar-refractivity contribution in [3.05, 3.63) is 60.2 Å². The van der Waals surface area contributed by atoms with Gasteiger partial charge in [-0.15, -0.1) is 11.8 Å². The van der Waals surface area contributed by atoms with Gasteiger partial charge in [0.1, 0.15) is 0 Å². The van der Waals surface area contributed by atoms with Gasteiger partial charge in [0, 0.05) is 18.0 Å². The van der Waals surface area contributed by atoms with Crippen LogP contribution >= 0.6 is 11.8 Å². The molecule has 1 amide bonds. The third-order valence-corrected chi connectivity index (χ3v) is 7.51. The molecule has 1 atom stereocenters. The van der Waals surface area contributed by atoms with E-state index in [-0.39, 0.29) is 12.5 Å². The molecule has 4 nitrogen and oxygen atoms in total. The molecule has 1 fully saturated rings. The summed E-state index contributed by atoms with van der Waals surface area (Å²) in [6.45, 7) is 2.77. The number of carbonyl (C=O) groups excluding carboxylic acids is 1. The molecule has 0 saturated carbocycles. The number of thioether (sulfide) groups is 1. The highest BCUT2D eigenvalue weighted by atomic mass is 32.2. The van der Waals surface area contributed by atoms with E-state index in [1.54, 1.807) is 47.0 Å². The number of nitrogens with zero attached hydrogens (tertiary/aromatic N) is 1. The van der Waals surface area contributed by atoms with Gasteiger partial charge in [-0.3, -0.25) is 4.79 Å². The van der Waals surface area contributed by atoms with Crippen LogP contribution in [0.5, 0.6) is 0 Å². The zero-order chi connectivity index (χ0) is 17.9. The highest BCUT2D eigenvalue weighted by molar-refractivity contribution is 7.99. The largest absolute Gasteiger partial charge is 0.337 e. The number of benzene rings is 2. The van der Waals surface area contributed by atoms with Crippen molar-refractivity contribution in [2.75, 3.05) is 18.8 Å². The van der Waals surface area contributed by atoms with Gasteiger partial charge in [0.25, 0.3) is 5.91 Å². The Labute approximate surface area is 153 Å². The maximum absolute atomic E-state index is 12.9. The summed E-state index contributed by atoms with van der Waals surface area (Å²) in [5, 5.41) is -0.537. The fourth-order valence-electron chi connectivity index (χ4n) is 3.06. The minimum Gasteiger partial charge on any atom is -0.337 e. The van der Waals surface area contributed by atoms with Crippen LogP contribution in [0.4, 0.5) is 0 Å². The Bertz CT molecular complexity index is 850. The van der Waals surface area contributed by atoms with Gasteiger partial charge >= 0.3 is 0 Å². The van der Waals surface area contributed by atoms with E-state index in [1.807, 2.05) is 31.2 Å². The normalized spacial score (nSPS) is 17.6. The van der Waals surface area contributed by atoms with Gasteiger partial charge in [-0.1, -0.05) is 37.3 Å². The highest BCUT2D eigenvalue weighted by Gasteiger charge is 2.36. The van der Waals surface area contributed by atoms with Crippen LogP contribution in [-0.4, -0.2) is 43.3 Å². The van der Waals surface area contributed by atoms with Crippen LogP contribution in [0, 0.1) is 0 Å². The third kappa shape index (κ3) is 3.75. The summed E-state index contributed by atoms with van der Waals surface area (Å²) >= 11 is 1.63. The molecule has 1 saturated heterocycles. The smallest absolute Gasteiger partial charge is 0.255 e. The van der Waals surface area contributed by atoms with E-state index in [2.05, 4.69) is 0 Å². The molecule has 1 aliphatic rings. The average Bonchev–Trinajstić information content (AvgIpc) is 3.14. The summed E-state index contributed by atoms with van der Waals surface area (Å²) in [6, 6.07) is 16.0. The van der Waals surface area contributed by atoms with Crippen molar-refractivity contribution in [3.63, 3.8) is 0 Å². The third-order valence-electron chi connectivity index (χ3n) is 4.36. The number of sulfone groups is 1. The molecule has 132 valence electrons. The topological polar surface area (TPSA) is 54.5 Å². The molecule has 1 heterocycles. The molecule has 0 aromatic heterocycles. The number of hydrogen-bond donors (Lipinski definition) is 0. The van der Waals surface area contributed by atoms with Gasteiger partial charge in [0.05, 0.1) is 15.7 Å². The molecule has 1 aliphatic heterocycles. The van der Waals surface area contributed by atoms with Crippen LogP contribution < -0.4 is 0 Å². The Balaban J connectivity index is 1.78. The average molecular weight is 376 g/mol. The molecular formula is C19H21NO3S2. The molecule has 25 heavy (non-hydrogen) atoms. The van der Waals surface area contributed by atoms with E-state index in [0.29, 0.717) is 23.4 Å².